The average Bonchev–Trinajstić information content (AvgIpc) is 2.53. The summed E-state index contributed by atoms with van der Waals surface area (Å²) < 4.78 is 0. The third-order valence-electron chi connectivity index (χ3n) is 2.86. The molecule has 0 saturated carbocycles. The first kappa shape index (κ1) is 24.0. The molecule has 0 N–H and O–H groups in total. The molecule has 0 fully saturated rings. The summed E-state index contributed by atoms with van der Waals surface area (Å²) >= 11 is 0. The Morgan fingerprint density at radius 3 is 1.55 bits per heavy atom. The molecule has 0 amide bonds. The Labute approximate surface area is 129 Å². The van der Waals surface area contributed by atoms with Crippen LogP contribution in [0.5, 0.6) is 0 Å². The van der Waals surface area contributed by atoms with Gasteiger partial charge in [0, 0.05) is 0 Å². The van der Waals surface area contributed by atoms with E-state index in [2.05, 4.69) is 53.3 Å². The number of unbranched alkanes of at least 4 members (excludes halogenated alkanes) is 1. The number of benzene rings is 1. The molecular weight excluding hydrogens is 240 g/mol. The van der Waals surface area contributed by atoms with Crippen LogP contribution in [0.4, 0.5) is 0 Å². The standard InChI is InChI=1S/C12H16.C4H10.2C2H6/c1-5-11-7-9(3)10(4)8-12(11)6-2;1-3-4-2;2*1-2/h5,7-8H,1,6H2,2-4H3;3-4H2,1-2H3;2*1-2H3. The van der Waals surface area contributed by atoms with E-state index in [1.807, 2.05) is 33.8 Å². The summed E-state index contributed by atoms with van der Waals surface area (Å²) in [5.41, 5.74) is 5.40. The van der Waals surface area contributed by atoms with Crippen LogP contribution in [0, 0.1) is 13.8 Å². The van der Waals surface area contributed by atoms with Gasteiger partial charge in [-0.15, -0.1) is 0 Å². The van der Waals surface area contributed by atoms with Crippen molar-refractivity contribution >= 4 is 6.08 Å². The van der Waals surface area contributed by atoms with E-state index >= 15 is 0 Å². The Kier molecular flexibility index (Phi) is 21.6. The number of hydrogen-bond donors (Lipinski definition) is 0. The number of aryl methyl sites for hydroxylation is 3. The molecule has 0 aliphatic heterocycles. The summed E-state index contributed by atoms with van der Waals surface area (Å²) in [6.07, 6.45) is 5.66. The molecule has 0 bridgehead atoms. The highest BCUT2D eigenvalue weighted by atomic mass is 14.0. The van der Waals surface area contributed by atoms with Crippen LogP contribution in [0.1, 0.15) is 83.6 Å². The second-order valence-corrected chi connectivity index (χ2v) is 4.19. The van der Waals surface area contributed by atoms with E-state index in [0.717, 1.165) is 6.42 Å². The molecule has 0 aliphatic rings. The quantitative estimate of drug-likeness (QED) is 0.541. The molecule has 0 spiro atoms. The maximum absolute atomic E-state index is 3.81. The molecular formula is C20H38. The summed E-state index contributed by atoms with van der Waals surface area (Å²) in [5.74, 6) is 0. The molecule has 1 rings (SSSR count). The highest BCUT2D eigenvalue weighted by molar-refractivity contribution is 5.54. The minimum atomic E-state index is 1.09. The van der Waals surface area contributed by atoms with Crippen LogP contribution in [-0.4, -0.2) is 0 Å². The normalized spacial score (nSPS) is 8.05. The Bertz CT molecular complexity index is 319. The SMILES string of the molecule is C=Cc1cc(C)c(C)cc1CC.CC.CC.CCCC. The van der Waals surface area contributed by atoms with Crippen molar-refractivity contribution in [1.29, 1.82) is 0 Å². The van der Waals surface area contributed by atoms with Gasteiger partial charge in [0.15, 0.2) is 0 Å². The van der Waals surface area contributed by atoms with Crippen molar-refractivity contribution in [3.05, 3.63) is 41.0 Å². The van der Waals surface area contributed by atoms with Crippen LogP contribution < -0.4 is 0 Å². The smallest absolute Gasteiger partial charge is 0.0228 e. The molecule has 118 valence electrons. The second-order valence-electron chi connectivity index (χ2n) is 4.19. The molecule has 0 aromatic heterocycles. The number of rotatable bonds is 3. The Balaban J connectivity index is -0.000000306. The topological polar surface area (TPSA) is 0 Å². The van der Waals surface area contributed by atoms with E-state index in [9.17, 15) is 0 Å². The molecule has 0 radical (unpaired) electrons. The lowest BCUT2D eigenvalue weighted by Crippen LogP contribution is -1.90. The zero-order valence-corrected chi connectivity index (χ0v) is 15.6. The summed E-state index contributed by atoms with van der Waals surface area (Å²) in [4.78, 5) is 0. The van der Waals surface area contributed by atoms with Crippen molar-refractivity contribution in [3.63, 3.8) is 0 Å². The minimum absolute atomic E-state index is 1.09. The van der Waals surface area contributed by atoms with Gasteiger partial charge < -0.3 is 0 Å². The van der Waals surface area contributed by atoms with Crippen molar-refractivity contribution in [2.24, 2.45) is 0 Å². The zero-order valence-electron chi connectivity index (χ0n) is 15.6. The van der Waals surface area contributed by atoms with Crippen molar-refractivity contribution in [2.45, 2.75) is 81.6 Å². The first-order chi connectivity index (χ1) is 9.60. The fourth-order valence-corrected chi connectivity index (χ4v) is 1.39. The van der Waals surface area contributed by atoms with Crippen LogP contribution in [0.3, 0.4) is 0 Å². The zero-order chi connectivity index (χ0) is 16.6. The van der Waals surface area contributed by atoms with Crippen LogP contribution >= 0.6 is 0 Å². The van der Waals surface area contributed by atoms with E-state index < -0.39 is 0 Å². The van der Waals surface area contributed by atoms with Gasteiger partial charge in [-0.1, -0.05) is 86.1 Å². The Morgan fingerprint density at radius 2 is 1.25 bits per heavy atom. The minimum Gasteiger partial charge on any atom is -0.0985 e. The molecule has 1 aromatic rings. The van der Waals surface area contributed by atoms with Gasteiger partial charge in [0.05, 0.1) is 0 Å². The van der Waals surface area contributed by atoms with Crippen LogP contribution in [0.2, 0.25) is 0 Å². The van der Waals surface area contributed by atoms with Crippen molar-refractivity contribution in [2.75, 3.05) is 0 Å². The fourth-order valence-electron chi connectivity index (χ4n) is 1.39. The molecule has 0 aliphatic carbocycles. The van der Waals surface area contributed by atoms with E-state index in [-0.39, 0.29) is 0 Å². The van der Waals surface area contributed by atoms with Gasteiger partial charge in [-0.25, -0.2) is 0 Å². The molecule has 0 saturated heterocycles. The molecule has 1 aromatic carbocycles. The first-order valence-corrected chi connectivity index (χ1v) is 8.33. The van der Waals surface area contributed by atoms with Crippen LogP contribution in [0.15, 0.2) is 18.7 Å². The number of hydrogen-bond acceptors (Lipinski definition) is 0. The van der Waals surface area contributed by atoms with Gasteiger partial charge in [-0.2, -0.15) is 0 Å². The Hall–Kier alpha value is -1.04. The van der Waals surface area contributed by atoms with Gasteiger partial charge in [0.1, 0.15) is 0 Å². The van der Waals surface area contributed by atoms with E-state index in [0.29, 0.717) is 0 Å². The van der Waals surface area contributed by atoms with Gasteiger partial charge >= 0.3 is 0 Å². The van der Waals surface area contributed by atoms with Crippen LogP contribution in [-0.2, 0) is 6.42 Å². The third kappa shape index (κ3) is 10.8. The average molecular weight is 279 g/mol. The first-order valence-electron chi connectivity index (χ1n) is 8.33. The lowest BCUT2D eigenvalue weighted by atomic mass is 9.98. The van der Waals surface area contributed by atoms with Gasteiger partial charge in [-0.05, 0) is 42.5 Å². The monoisotopic (exact) mass is 278 g/mol. The van der Waals surface area contributed by atoms with Crippen molar-refractivity contribution in [3.8, 4) is 0 Å². The summed E-state index contributed by atoms with van der Waals surface area (Å²) in [6, 6.07) is 4.47. The molecule has 0 heteroatoms. The van der Waals surface area contributed by atoms with Gasteiger partial charge in [0.2, 0.25) is 0 Å². The largest absolute Gasteiger partial charge is 0.0985 e. The highest BCUT2D eigenvalue weighted by Gasteiger charge is 1.99. The fraction of sp³-hybridized carbons (Fsp3) is 0.600. The molecule has 0 nitrogen and oxygen atoms in total. The molecule has 0 heterocycles. The Morgan fingerprint density at radius 1 is 0.850 bits per heavy atom. The van der Waals surface area contributed by atoms with Gasteiger partial charge in [0.25, 0.3) is 0 Å². The van der Waals surface area contributed by atoms with Crippen molar-refractivity contribution < 1.29 is 0 Å². The van der Waals surface area contributed by atoms with E-state index in [1.54, 1.807) is 0 Å². The van der Waals surface area contributed by atoms with E-state index in [1.165, 1.54) is 35.1 Å². The highest BCUT2D eigenvalue weighted by Crippen LogP contribution is 2.17. The molecule has 0 atom stereocenters. The summed E-state index contributed by atoms with van der Waals surface area (Å²) in [7, 11) is 0. The molecule has 20 heavy (non-hydrogen) atoms. The second kappa shape index (κ2) is 18.0. The van der Waals surface area contributed by atoms with Crippen LogP contribution in [0.25, 0.3) is 6.08 Å². The third-order valence-corrected chi connectivity index (χ3v) is 2.86. The lowest BCUT2D eigenvalue weighted by Gasteiger charge is -2.07. The predicted octanol–water partition coefficient (Wildman–Crippen LogP) is 7.37. The lowest BCUT2D eigenvalue weighted by molar-refractivity contribution is 0.886. The van der Waals surface area contributed by atoms with Crippen molar-refractivity contribution in [1.82, 2.24) is 0 Å². The predicted molar refractivity (Wildman–Crippen MR) is 98.7 cm³/mol. The maximum atomic E-state index is 3.81. The van der Waals surface area contributed by atoms with Gasteiger partial charge in [-0.3, -0.25) is 0 Å². The summed E-state index contributed by atoms with van der Waals surface area (Å²) in [6.45, 7) is 22.6. The van der Waals surface area contributed by atoms with E-state index in [4.69, 9.17) is 0 Å². The maximum Gasteiger partial charge on any atom is -0.0228 e. The molecule has 0 unspecified atom stereocenters. The summed E-state index contributed by atoms with van der Waals surface area (Å²) in [5, 5.41) is 0.